The Kier molecular flexibility index (Phi) is 10.5. The van der Waals surface area contributed by atoms with Gasteiger partial charge < -0.3 is 14.6 Å². The molecule has 1 heterocycles. The second kappa shape index (κ2) is 13.1. The lowest BCUT2D eigenvalue weighted by atomic mass is 10.1. The van der Waals surface area contributed by atoms with Crippen LogP contribution in [0.25, 0.3) is 5.57 Å². The number of aromatic nitrogens is 2. The first-order valence-electron chi connectivity index (χ1n) is 12.2. The monoisotopic (exact) mass is 439 g/mol. The van der Waals surface area contributed by atoms with Gasteiger partial charge in [-0.1, -0.05) is 65.2 Å². The number of hydrogen-bond donors (Lipinski definition) is 1. The summed E-state index contributed by atoms with van der Waals surface area (Å²) in [4.78, 5) is 16.8. The number of ketones is 1. The maximum atomic E-state index is 11.8. The molecule has 5 nitrogen and oxygen atoms in total. The summed E-state index contributed by atoms with van der Waals surface area (Å²) >= 11 is 0. The number of aryl methyl sites for hydroxylation is 1. The first-order chi connectivity index (χ1) is 15.5. The molecule has 1 aliphatic rings. The molecule has 176 valence electrons. The standard InChI is InChI=1S/C25H35N3O2.C2H6/c1-5-23-24(18(2)16-19(3)29)28(17-20-12-14-22(30-4)15-13-20)25(27-23)26-21-10-8-6-7-9-11-21;1-2/h12-15,21H,2,5-11,16-17H2,1,3-4H3,(H,26,27);1-2H3. The van der Waals surface area contributed by atoms with E-state index < -0.39 is 0 Å². The Balaban J connectivity index is 0.00000176. The average Bonchev–Trinajstić information content (AvgIpc) is 2.94. The third-order valence-corrected chi connectivity index (χ3v) is 5.86. The van der Waals surface area contributed by atoms with Crippen LogP contribution in [0.3, 0.4) is 0 Å². The predicted molar refractivity (Wildman–Crippen MR) is 134 cm³/mol. The smallest absolute Gasteiger partial charge is 0.204 e. The highest BCUT2D eigenvalue weighted by molar-refractivity contribution is 5.88. The molecular formula is C27H41N3O2. The molecule has 1 saturated carbocycles. The summed E-state index contributed by atoms with van der Waals surface area (Å²) in [5.74, 6) is 1.86. The first kappa shape index (κ1) is 25.7. The second-order valence-electron chi connectivity index (χ2n) is 8.33. The highest BCUT2D eigenvalue weighted by Gasteiger charge is 2.22. The van der Waals surface area contributed by atoms with E-state index in [0.29, 0.717) is 19.0 Å². The molecule has 0 spiro atoms. The molecule has 0 amide bonds. The molecule has 1 aromatic carbocycles. The van der Waals surface area contributed by atoms with E-state index >= 15 is 0 Å². The number of benzene rings is 1. The van der Waals surface area contributed by atoms with Crippen molar-refractivity contribution in [1.29, 1.82) is 0 Å². The Bertz CT molecular complexity index is 860. The summed E-state index contributed by atoms with van der Waals surface area (Å²) in [7, 11) is 1.68. The third-order valence-electron chi connectivity index (χ3n) is 5.86. The van der Waals surface area contributed by atoms with Gasteiger partial charge in [-0.15, -0.1) is 0 Å². The van der Waals surface area contributed by atoms with Crippen LogP contribution in [0.5, 0.6) is 5.75 Å². The van der Waals surface area contributed by atoms with Crippen LogP contribution in [0.2, 0.25) is 0 Å². The van der Waals surface area contributed by atoms with E-state index in [1.54, 1.807) is 14.0 Å². The molecule has 0 atom stereocenters. The number of carbonyl (C=O) groups is 1. The molecule has 1 fully saturated rings. The summed E-state index contributed by atoms with van der Waals surface area (Å²) in [6.07, 6.45) is 8.69. The lowest BCUT2D eigenvalue weighted by Gasteiger charge is -2.20. The fourth-order valence-electron chi connectivity index (χ4n) is 4.31. The van der Waals surface area contributed by atoms with Crippen molar-refractivity contribution in [1.82, 2.24) is 9.55 Å². The van der Waals surface area contributed by atoms with E-state index in [1.165, 1.54) is 38.5 Å². The Morgan fingerprint density at radius 1 is 1.16 bits per heavy atom. The molecule has 0 unspecified atom stereocenters. The summed E-state index contributed by atoms with van der Waals surface area (Å²) in [5, 5.41) is 3.74. The van der Waals surface area contributed by atoms with Crippen molar-refractivity contribution >= 4 is 17.3 Å². The van der Waals surface area contributed by atoms with Crippen molar-refractivity contribution in [2.45, 2.75) is 91.6 Å². The molecule has 32 heavy (non-hydrogen) atoms. The number of rotatable bonds is 9. The van der Waals surface area contributed by atoms with Gasteiger partial charge in [-0.2, -0.15) is 0 Å². The van der Waals surface area contributed by atoms with Crippen LogP contribution in [0.4, 0.5) is 5.95 Å². The van der Waals surface area contributed by atoms with Gasteiger partial charge in [0, 0.05) is 12.5 Å². The van der Waals surface area contributed by atoms with Crippen LogP contribution in [-0.4, -0.2) is 28.5 Å². The van der Waals surface area contributed by atoms with Crippen LogP contribution in [0.1, 0.15) is 89.6 Å². The van der Waals surface area contributed by atoms with Crippen LogP contribution >= 0.6 is 0 Å². The summed E-state index contributed by atoms with van der Waals surface area (Å²) < 4.78 is 7.52. The molecule has 2 aromatic rings. The zero-order valence-electron chi connectivity index (χ0n) is 20.7. The highest BCUT2D eigenvalue weighted by Crippen LogP contribution is 2.29. The van der Waals surface area contributed by atoms with Crippen LogP contribution < -0.4 is 10.1 Å². The van der Waals surface area contributed by atoms with Gasteiger partial charge in [0.1, 0.15) is 11.5 Å². The largest absolute Gasteiger partial charge is 0.497 e. The molecule has 1 aliphatic carbocycles. The molecule has 1 aromatic heterocycles. The topological polar surface area (TPSA) is 56.2 Å². The van der Waals surface area contributed by atoms with E-state index in [1.807, 2.05) is 26.0 Å². The molecule has 3 rings (SSSR count). The minimum absolute atomic E-state index is 0.123. The molecule has 0 aliphatic heterocycles. The van der Waals surface area contributed by atoms with E-state index in [0.717, 1.165) is 40.6 Å². The second-order valence-corrected chi connectivity index (χ2v) is 8.33. The van der Waals surface area contributed by atoms with Crippen molar-refractivity contribution in [3.8, 4) is 5.75 Å². The number of imidazole rings is 1. The van der Waals surface area contributed by atoms with Crippen LogP contribution in [0, 0.1) is 0 Å². The zero-order valence-corrected chi connectivity index (χ0v) is 20.7. The van der Waals surface area contributed by atoms with Gasteiger partial charge in [-0.05, 0) is 49.5 Å². The molecule has 0 bridgehead atoms. The number of nitrogens with zero attached hydrogens (tertiary/aromatic N) is 2. The Labute approximate surface area is 194 Å². The van der Waals surface area contributed by atoms with Crippen molar-refractivity contribution in [3.05, 3.63) is 47.8 Å². The Morgan fingerprint density at radius 3 is 2.31 bits per heavy atom. The van der Waals surface area contributed by atoms with Gasteiger partial charge in [0.2, 0.25) is 5.95 Å². The fourth-order valence-corrected chi connectivity index (χ4v) is 4.31. The third kappa shape index (κ3) is 6.98. The molecule has 0 radical (unpaired) electrons. The maximum Gasteiger partial charge on any atom is 0.204 e. The van der Waals surface area contributed by atoms with Crippen molar-refractivity contribution in [3.63, 3.8) is 0 Å². The zero-order chi connectivity index (χ0) is 23.5. The lowest BCUT2D eigenvalue weighted by Crippen LogP contribution is -2.22. The molecular weight excluding hydrogens is 398 g/mol. The fraction of sp³-hybridized carbons (Fsp3) is 0.556. The number of nitrogens with one attached hydrogen (secondary N) is 1. The Morgan fingerprint density at radius 2 is 1.78 bits per heavy atom. The van der Waals surface area contributed by atoms with Crippen LogP contribution in [0.15, 0.2) is 30.8 Å². The summed E-state index contributed by atoms with van der Waals surface area (Å²) in [6.45, 7) is 12.7. The number of hydrogen-bond acceptors (Lipinski definition) is 4. The number of Topliss-reactive ketones (excluding diaryl/α,β-unsaturated/α-hetero) is 1. The van der Waals surface area contributed by atoms with Crippen LogP contribution in [-0.2, 0) is 17.8 Å². The van der Waals surface area contributed by atoms with Gasteiger partial charge in [0.15, 0.2) is 0 Å². The Hall–Kier alpha value is -2.56. The van der Waals surface area contributed by atoms with Crippen molar-refractivity contribution < 1.29 is 9.53 Å². The van der Waals surface area contributed by atoms with Gasteiger partial charge >= 0.3 is 0 Å². The van der Waals surface area contributed by atoms with E-state index in [4.69, 9.17) is 9.72 Å². The first-order valence-corrected chi connectivity index (χ1v) is 12.2. The van der Waals surface area contributed by atoms with Gasteiger partial charge in [0.05, 0.1) is 25.0 Å². The molecule has 0 saturated heterocycles. The number of methoxy groups -OCH3 is 1. The van der Waals surface area contributed by atoms with Crippen molar-refractivity contribution in [2.75, 3.05) is 12.4 Å². The summed E-state index contributed by atoms with van der Waals surface area (Å²) in [6, 6.07) is 8.57. The van der Waals surface area contributed by atoms with Crippen molar-refractivity contribution in [2.24, 2.45) is 0 Å². The molecule has 1 N–H and O–H groups in total. The maximum absolute atomic E-state index is 11.8. The van der Waals surface area contributed by atoms with E-state index in [-0.39, 0.29) is 5.78 Å². The number of carbonyl (C=O) groups excluding carboxylic acids is 1. The minimum atomic E-state index is 0.123. The number of anilines is 1. The molecule has 5 heteroatoms. The number of ether oxygens (including phenoxy) is 1. The normalized spacial score (nSPS) is 14.2. The minimum Gasteiger partial charge on any atom is -0.497 e. The van der Waals surface area contributed by atoms with Gasteiger partial charge in [0.25, 0.3) is 0 Å². The predicted octanol–water partition coefficient (Wildman–Crippen LogP) is 6.66. The summed E-state index contributed by atoms with van der Waals surface area (Å²) in [5.41, 5.74) is 4.01. The van der Waals surface area contributed by atoms with Gasteiger partial charge in [-0.25, -0.2) is 4.98 Å². The quantitative estimate of drug-likeness (QED) is 0.444. The van der Waals surface area contributed by atoms with E-state index in [2.05, 4.69) is 35.5 Å². The van der Waals surface area contributed by atoms with Gasteiger partial charge in [-0.3, -0.25) is 4.79 Å². The lowest BCUT2D eigenvalue weighted by molar-refractivity contribution is -0.116. The number of allylic oxidation sites excluding steroid dienone is 1. The SMILES string of the molecule is C=C(CC(C)=O)c1c(CC)nc(NC2CCCCCC2)n1Cc1ccc(OC)cc1.CC. The van der Waals surface area contributed by atoms with E-state index in [9.17, 15) is 4.79 Å². The highest BCUT2D eigenvalue weighted by atomic mass is 16.5. The average molecular weight is 440 g/mol.